The highest BCUT2D eigenvalue weighted by Gasteiger charge is 2.11. The summed E-state index contributed by atoms with van der Waals surface area (Å²) in [5, 5.41) is 8.46. The minimum Gasteiger partial charge on any atom is -0.503 e. The molecule has 0 aliphatic rings. The fraction of sp³-hybridized carbons (Fsp3) is 0.133. The zero-order valence-electron chi connectivity index (χ0n) is 11.9. The summed E-state index contributed by atoms with van der Waals surface area (Å²) < 4.78 is 58.8. The summed E-state index contributed by atoms with van der Waals surface area (Å²) in [7, 11) is 1.16. The third-order valence-corrected chi connectivity index (χ3v) is 2.42. The van der Waals surface area contributed by atoms with Gasteiger partial charge in [0.1, 0.15) is 0 Å². The fourth-order valence-electron chi connectivity index (χ4n) is 1.30. The zero-order valence-corrected chi connectivity index (χ0v) is 11.9. The van der Waals surface area contributed by atoms with Crippen LogP contribution in [0.5, 0.6) is 11.5 Å². The van der Waals surface area contributed by atoms with Crippen LogP contribution in [0.15, 0.2) is 36.4 Å². The van der Waals surface area contributed by atoms with Gasteiger partial charge in [-0.1, -0.05) is 12.1 Å². The highest BCUT2D eigenvalue weighted by Crippen LogP contribution is 2.20. The van der Waals surface area contributed by atoms with Crippen molar-refractivity contribution in [2.75, 3.05) is 13.7 Å². The largest absolute Gasteiger partial charge is 0.503 e. The standard InChI is InChI=1S/C9H8F2O3.C6H4F2O/c1-13-8(12)5-14-9-6(10)3-2-4-7(9)11;7-4-2-1-3-5(8)6(4)9/h2-4H,5H2,1H3;1-3,9H. The Hall–Kier alpha value is -2.77. The molecule has 0 spiro atoms. The van der Waals surface area contributed by atoms with E-state index in [1.165, 1.54) is 12.1 Å². The zero-order chi connectivity index (χ0) is 17.4. The van der Waals surface area contributed by atoms with Crippen LogP contribution < -0.4 is 4.74 Å². The molecule has 0 aliphatic heterocycles. The van der Waals surface area contributed by atoms with Crippen molar-refractivity contribution >= 4 is 5.97 Å². The number of para-hydroxylation sites is 2. The first-order valence-electron chi connectivity index (χ1n) is 6.13. The highest BCUT2D eigenvalue weighted by molar-refractivity contribution is 5.70. The Balaban J connectivity index is 0.000000253. The van der Waals surface area contributed by atoms with E-state index in [-0.39, 0.29) is 0 Å². The predicted molar refractivity (Wildman–Crippen MR) is 71.9 cm³/mol. The number of rotatable bonds is 3. The Morgan fingerprint density at radius 1 is 0.957 bits per heavy atom. The molecule has 0 saturated heterocycles. The van der Waals surface area contributed by atoms with Crippen LogP contribution in [0.4, 0.5) is 17.6 Å². The number of halogens is 4. The van der Waals surface area contributed by atoms with Gasteiger partial charge < -0.3 is 14.6 Å². The van der Waals surface area contributed by atoms with Gasteiger partial charge in [-0.05, 0) is 24.3 Å². The number of esters is 1. The molecule has 0 aliphatic carbocycles. The minimum absolute atomic E-state index is 0.519. The van der Waals surface area contributed by atoms with E-state index >= 15 is 0 Å². The molecule has 0 aromatic heterocycles. The number of carbonyl (C=O) groups is 1. The molecule has 0 atom stereocenters. The van der Waals surface area contributed by atoms with Gasteiger partial charge >= 0.3 is 5.97 Å². The van der Waals surface area contributed by atoms with Crippen molar-refractivity contribution in [2.45, 2.75) is 0 Å². The van der Waals surface area contributed by atoms with E-state index < -0.39 is 47.3 Å². The lowest BCUT2D eigenvalue weighted by Crippen LogP contribution is -2.13. The van der Waals surface area contributed by atoms with Crippen LogP contribution in [0, 0.1) is 23.3 Å². The molecule has 0 heterocycles. The van der Waals surface area contributed by atoms with Gasteiger partial charge in [0.25, 0.3) is 0 Å². The Kier molecular flexibility index (Phi) is 6.85. The normalized spacial score (nSPS) is 9.61. The number of phenols is 1. The van der Waals surface area contributed by atoms with Crippen molar-refractivity contribution in [1.82, 2.24) is 0 Å². The second kappa shape index (κ2) is 8.62. The number of ether oxygens (including phenoxy) is 2. The van der Waals surface area contributed by atoms with E-state index in [4.69, 9.17) is 5.11 Å². The van der Waals surface area contributed by atoms with E-state index in [2.05, 4.69) is 9.47 Å². The van der Waals surface area contributed by atoms with Crippen LogP contribution in [-0.2, 0) is 9.53 Å². The van der Waals surface area contributed by atoms with Crippen LogP contribution >= 0.6 is 0 Å². The molecule has 1 N–H and O–H groups in total. The van der Waals surface area contributed by atoms with Crippen LogP contribution in [-0.4, -0.2) is 24.8 Å². The first-order valence-corrected chi connectivity index (χ1v) is 6.13. The van der Waals surface area contributed by atoms with E-state index in [1.54, 1.807) is 0 Å². The summed E-state index contributed by atoms with van der Waals surface area (Å²) in [5.41, 5.74) is 0. The van der Waals surface area contributed by atoms with Crippen molar-refractivity contribution in [1.29, 1.82) is 0 Å². The third-order valence-electron chi connectivity index (χ3n) is 2.42. The second-order valence-electron chi connectivity index (χ2n) is 3.99. The van der Waals surface area contributed by atoms with Gasteiger partial charge in [-0.3, -0.25) is 0 Å². The van der Waals surface area contributed by atoms with Crippen molar-refractivity contribution < 1.29 is 36.9 Å². The minimum atomic E-state index is -0.935. The van der Waals surface area contributed by atoms with E-state index in [0.29, 0.717) is 0 Å². The number of aromatic hydroxyl groups is 1. The van der Waals surface area contributed by atoms with Gasteiger partial charge in [0.2, 0.25) is 0 Å². The Morgan fingerprint density at radius 3 is 1.78 bits per heavy atom. The van der Waals surface area contributed by atoms with Crippen molar-refractivity contribution in [3.8, 4) is 11.5 Å². The van der Waals surface area contributed by atoms with Crippen LogP contribution in [0.1, 0.15) is 0 Å². The van der Waals surface area contributed by atoms with Gasteiger partial charge in [-0.25, -0.2) is 22.4 Å². The summed E-state index contributed by atoms with van der Waals surface area (Å²) in [6.07, 6.45) is 0. The maximum atomic E-state index is 12.9. The SMILES string of the molecule is COC(=O)COc1c(F)cccc1F.Oc1c(F)cccc1F. The maximum Gasteiger partial charge on any atom is 0.343 e. The van der Waals surface area contributed by atoms with E-state index in [1.807, 2.05) is 0 Å². The summed E-state index contributed by atoms with van der Waals surface area (Å²) in [4.78, 5) is 10.6. The molecule has 0 unspecified atom stereocenters. The van der Waals surface area contributed by atoms with Gasteiger partial charge in [0.15, 0.2) is 41.4 Å². The number of hydrogen-bond acceptors (Lipinski definition) is 4. The molecule has 2 aromatic rings. The topological polar surface area (TPSA) is 55.8 Å². The fourth-order valence-corrected chi connectivity index (χ4v) is 1.30. The molecule has 2 aromatic carbocycles. The Labute approximate surface area is 128 Å². The Morgan fingerprint density at radius 2 is 1.39 bits per heavy atom. The lowest BCUT2D eigenvalue weighted by Gasteiger charge is -2.06. The molecule has 124 valence electrons. The third kappa shape index (κ3) is 5.50. The monoisotopic (exact) mass is 332 g/mol. The maximum absolute atomic E-state index is 12.9. The van der Waals surface area contributed by atoms with E-state index in [0.717, 1.165) is 31.4 Å². The van der Waals surface area contributed by atoms with Gasteiger partial charge in [0.05, 0.1) is 7.11 Å². The summed E-state index contributed by atoms with van der Waals surface area (Å²) in [6.45, 7) is -0.519. The summed E-state index contributed by atoms with van der Waals surface area (Å²) >= 11 is 0. The number of benzene rings is 2. The highest BCUT2D eigenvalue weighted by atomic mass is 19.1. The van der Waals surface area contributed by atoms with Crippen LogP contribution in [0.25, 0.3) is 0 Å². The molecule has 4 nitrogen and oxygen atoms in total. The molecule has 23 heavy (non-hydrogen) atoms. The summed E-state index contributed by atoms with van der Waals surface area (Å²) in [5.74, 6) is -5.77. The molecule has 0 fully saturated rings. The van der Waals surface area contributed by atoms with Gasteiger partial charge in [-0.2, -0.15) is 0 Å². The van der Waals surface area contributed by atoms with Gasteiger partial charge in [0, 0.05) is 0 Å². The average molecular weight is 332 g/mol. The average Bonchev–Trinajstić information content (AvgIpc) is 2.52. The van der Waals surface area contributed by atoms with E-state index in [9.17, 15) is 22.4 Å². The van der Waals surface area contributed by atoms with Crippen molar-refractivity contribution in [2.24, 2.45) is 0 Å². The molecule has 8 heteroatoms. The molecule has 0 amide bonds. The molecule has 0 saturated carbocycles. The molecular weight excluding hydrogens is 320 g/mol. The molecular formula is C15H12F4O4. The number of carbonyl (C=O) groups excluding carboxylic acids is 1. The lowest BCUT2D eigenvalue weighted by atomic mass is 10.3. The van der Waals surface area contributed by atoms with Crippen LogP contribution in [0.2, 0.25) is 0 Å². The van der Waals surface area contributed by atoms with Gasteiger partial charge in [-0.15, -0.1) is 0 Å². The smallest absolute Gasteiger partial charge is 0.343 e. The quantitative estimate of drug-likeness (QED) is 0.693. The lowest BCUT2D eigenvalue weighted by molar-refractivity contribution is -0.143. The first-order chi connectivity index (χ1) is 10.9. The number of methoxy groups -OCH3 is 1. The first kappa shape index (κ1) is 18.3. The second-order valence-corrected chi connectivity index (χ2v) is 3.99. The Bertz CT molecular complexity index is 636. The molecule has 0 radical (unpaired) electrons. The van der Waals surface area contributed by atoms with Crippen molar-refractivity contribution in [3.05, 3.63) is 59.7 Å². The molecule has 0 bridgehead atoms. The number of phenolic OH excluding ortho intramolecular Hbond substituents is 1. The predicted octanol–water partition coefficient (Wildman–Crippen LogP) is 3.19. The number of hydrogen-bond donors (Lipinski definition) is 1. The summed E-state index contributed by atoms with van der Waals surface area (Å²) in [6, 6.07) is 6.43. The molecule has 2 rings (SSSR count). The van der Waals surface area contributed by atoms with Crippen LogP contribution in [0.3, 0.4) is 0 Å². The van der Waals surface area contributed by atoms with Crippen molar-refractivity contribution in [3.63, 3.8) is 0 Å².